The van der Waals surface area contributed by atoms with E-state index in [1.807, 2.05) is 18.2 Å². The van der Waals surface area contributed by atoms with E-state index in [2.05, 4.69) is 5.32 Å². The van der Waals surface area contributed by atoms with Crippen LogP contribution in [0.2, 0.25) is 0 Å². The number of nitrogens with one attached hydrogen (secondary N) is 1. The largest absolute Gasteiger partial charge is 0.493 e. The van der Waals surface area contributed by atoms with E-state index in [0.29, 0.717) is 29.8 Å². The maximum atomic E-state index is 13.3. The highest BCUT2D eigenvalue weighted by molar-refractivity contribution is 5.55. The van der Waals surface area contributed by atoms with Crippen molar-refractivity contribution in [2.75, 3.05) is 33.2 Å². The highest BCUT2D eigenvalue weighted by Gasteiger charge is 2.28. The molecule has 2 aromatic rings. The fourth-order valence-electron chi connectivity index (χ4n) is 3.92. The van der Waals surface area contributed by atoms with Crippen molar-refractivity contribution in [2.24, 2.45) is 5.92 Å². The van der Waals surface area contributed by atoms with E-state index >= 15 is 0 Å². The van der Waals surface area contributed by atoms with Gasteiger partial charge in [-0.2, -0.15) is 0 Å². The number of ether oxygens (including phenoxy) is 3. The van der Waals surface area contributed by atoms with Crippen LogP contribution in [0.3, 0.4) is 0 Å². The van der Waals surface area contributed by atoms with Gasteiger partial charge >= 0.3 is 0 Å². The zero-order valence-corrected chi connectivity index (χ0v) is 15.0. The first-order chi connectivity index (χ1) is 13.3. The van der Waals surface area contributed by atoms with Crippen molar-refractivity contribution in [1.82, 2.24) is 5.32 Å². The van der Waals surface area contributed by atoms with E-state index in [-0.39, 0.29) is 24.9 Å². The molecule has 144 valence electrons. The minimum absolute atomic E-state index is 0.150. The van der Waals surface area contributed by atoms with E-state index < -0.39 is 6.67 Å². The lowest BCUT2D eigenvalue weighted by Gasteiger charge is -2.32. The zero-order chi connectivity index (χ0) is 18.6. The Morgan fingerprint density at radius 3 is 2.78 bits per heavy atom. The lowest BCUT2D eigenvalue weighted by molar-refractivity contribution is 0.172. The van der Waals surface area contributed by atoms with E-state index in [1.54, 1.807) is 6.07 Å². The molecule has 0 amide bonds. The predicted octanol–water partition coefficient (Wildman–Crippen LogP) is 3.84. The Labute approximate surface area is 157 Å². The summed E-state index contributed by atoms with van der Waals surface area (Å²) in [5.41, 5.74) is 1.84. The molecule has 0 saturated carbocycles. The molecule has 2 aliphatic heterocycles. The minimum atomic E-state index is -0.487. The van der Waals surface area contributed by atoms with Crippen LogP contribution in [0.1, 0.15) is 23.5 Å². The quantitative estimate of drug-likeness (QED) is 0.833. The second kappa shape index (κ2) is 8.13. The molecule has 6 heteroatoms. The highest BCUT2D eigenvalue weighted by Crippen LogP contribution is 2.41. The summed E-state index contributed by atoms with van der Waals surface area (Å²) < 4.78 is 43.3. The predicted molar refractivity (Wildman–Crippen MR) is 97.9 cm³/mol. The van der Waals surface area contributed by atoms with Gasteiger partial charge in [-0.25, -0.2) is 4.39 Å². The molecule has 2 heterocycles. The third kappa shape index (κ3) is 3.86. The van der Waals surface area contributed by atoms with Crippen molar-refractivity contribution < 1.29 is 23.0 Å². The maximum Gasteiger partial charge on any atom is 0.231 e. The van der Waals surface area contributed by atoms with Crippen molar-refractivity contribution in [3.8, 4) is 17.2 Å². The summed E-state index contributed by atoms with van der Waals surface area (Å²) in [6, 6.07) is 10.3. The number of rotatable bonds is 6. The maximum absolute atomic E-state index is 13.3. The summed E-state index contributed by atoms with van der Waals surface area (Å²) in [7, 11) is 0. The number of hydrogen-bond donors (Lipinski definition) is 1. The minimum Gasteiger partial charge on any atom is -0.493 e. The van der Waals surface area contributed by atoms with Crippen LogP contribution in [0.5, 0.6) is 17.2 Å². The first-order valence-corrected chi connectivity index (χ1v) is 9.32. The molecule has 0 radical (unpaired) electrons. The highest BCUT2D eigenvalue weighted by atomic mass is 19.1. The van der Waals surface area contributed by atoms with Crippen LogP contribution in [0.25, 0.3) is 0 Å². The Balaban J connectivity index is 1.51. The Kier molecular flexibility index (Phi) is 5.43. The number of halogens is 2. The molecule has 0 unspecified atom stereocenters. The smallest absolute Gasteiger partial charge is 0.231 e. The molecule has 1 N–H and O–H groups in total. The Morgan fingerprint density at radius 2 is 1.96 bits per heavy atom. The molecule has 1 saturated heterocycles. The van der Waals surface area contributed by atoms with Gasteiger partial charge in [0.05, 0.1) is 13.3 Å². The van der Waals surface area contributed by atoms with Crippen LogP contribution >= 0.6 is 0 Å². The summed E-state index contributed by atoms with van der Waals surface area (Å²) in [6.45, 7) is 1.91. The number of alkyl halides is 1. The zero-order valence-electron chi connectivity index (χ0n) is 15.0. The third-order valence-electron chi connectivity index (χ3n) is 5.30. The summed E-state index contributed by atoms with van der Waals surface area (Å²) in [5.74, 6) is 2.17. The molecular weight excluding hydrogens is 352 g/mol. The number of hydrogen-bond acceptors (Lipinski definition) is 4. The van der Waals surface area contributed by atoms with Crippen molar-refractivity contribution in [2.45, 2.75) is 18.8 Å². The van der Waals surface area contributed by atoms with E-state index in [4.69, 9.17) is 14.2 Å². The lowest BCUT2D eigenvalue weighted by atomic mass is 9.81. The van der Waals surface area contributed by atoms with Crippen molar-refractivity contribution >= 4 is 0 Å². The SMILES string of the molecule is FCCc1c(OC[C@H]2CNCC[C@@H]2c2ccc(F)cc2)ccc2c1OCO2. The van der Waals surface area contributed by atoms with Gasteiger partial charge in [-0.05, 0) is 48.7 Å². The van der Waals surface area contributed by atoms with Gasteiger partial charge in [0.1, 0.15) is 11.6 Å². The van der Waals surface area contributed by atoms with Gasteiger partial charge in [-0.1, -0.05) is 12.1 Å². The van der Waals surface area contributed by atoms with Gasteiger partial charge in [-0.15, -0.1) is 0 Å². The van der Waals surface area contributed by atoms with Crippen molar-refractivity contribution in [1.29, 1.82) is 0 Å². The molecule has 0 spiro atoms. The van der Waals surface area contributed by atoms with Crippen LogP contribution in [0, 0.1) is 11.7 Å². The van der Waals surface area contributed by atoms with Crippen LogP contribution < -0.4 is 19.5 Å². The standard InChI is InChI=1S/C21H23F2NO3/c22-9-7-18-19(5-6-20-21(18)27-13-26-20)25-12-15-11-24-10-8-17(15)14-1-3-16(23)4-2-14/h1-6,15,17,24H,7-13H2/t15-,17-/m1/s1. The van der Waals surface area contributed by atoms with Gasteiger partial charge in [0, 0.05) is 24.4 Å². The molecular formula is C21H23F2NO3. The Bertz CT molecular complexity index is 782. The monoisotopic (exact) mass is 375 g/mol. The fourth-order valence-corrected chi connectivity index (χ4v) is 3.92. The van der Waals surface area contributed by atoms with E-state index in [0.717, 1.165) is 30.6 Å². The van der Waals surface area contributed by atoms with Gasteiger partial charge in [-0.3, -0.25) is 4.39 Å². The van der Waals surface area contributed by atoms with Crippen LogP contribution in [0.15, 0.2) is 36.4 Å². The van der Waals surface area contributed by atoms with Gasteiger partial charge < -0.3 is 19.5 Å². The topological polar surface area (TPSA) is 39.7 Å². The molecule has 2 atom stereocenters. The average Bonchev–Trinajstić information content (AvgIpc) is 3.18. The number of fused-ring (bicyclic) bond motifs is 1. The third-order valence-corrected chi connectivity index (χ3v) is 5.30. The first kappa shape index (κ1) is 18.0. The molecule has 4 nitrogen and oxygen atoms in total. The normalized spacial score (nSPS) is 21.3. The van der Waals surface area contributed by atoms with E-state index in [1.165, 1.54) is 12.1 Å². The molecule has 2 aromatic carbocycles. The summed E-state index contributed by atoms with van der Waals surface area (Å²) >= 11 is 0. The summed E-state index contributed by atoms with van der Waals surface area (Å²) in [6.07, 6.45) is 1.20. The first-order valence-electron chi connectivity index (χ1n) is 9.32. The molecule has 0 bridgehead atoms. The Hall–Kier alpha value is -2.34. The van der Waals surface area contributed by atoms with Gasteiger partial charge in [0.15, 0.2) is 11.5 Å². The fraction of sp³-hybridized carbons (Fsp3) is 0.429. The van der Waals surface area contributed by atoms with Gasteiger partial charge in [0.2, 0.25) is 6.79 Å². The summed E-state index contributed by atoms with van der Waals surface area (Å²) in [4.78, 5) is 0. The molecule has 0 aromatic heterocycles. The average molecular weight is 375 g/mol. The lowest BCUT2D eigenvalue weighted by Crippen LogP contribution is -2.38. The van der Waals surface area contributed by atoms with Crippen molar-refractivity contribution in [3.05, 3.63) is 53.3 Å². The molecule has 4 rings (SSSR count). The number of piperidine rings is 1. The van der Waals surface area contributed by atoms with Crippen LogP contribution in [-0.4, -0.2) is 33.2 Å². The molecule has 0 aliphatic carbocycles. The van der Waals surface area contributed by atoms with Crippen LogP contribution in [-0.2, 0) is 6.42 Å². The van der Waals surface area contributed by atoms with Crippen LogP contribution in [0.4, 0.5) is 8.78 Å². The summed E-state index contributed by atoms with van der Waals surface area (Å²) in [5, 5.41) is 3.40. The van der Waals surface area contributed by atoms with E-state index in [9.17, 15) is 8.78 Å². The Morgan fingerprint density at radius 1 is 1.11 bits per heavy atom. The van der Waals surface area contributed by atoms with Crippen molar-refractivity contribution in [3.63, 3.8) is 0 Å². The molecule has 27 heavy (non-hydrogen) atoms. The molecule has 1 fully saturated rings. The number of benzene rings is 2. The second-order valence-corrected chi connectivity index (χ2v) is 6.94. The molecule has 2 aliphatic rings. The van der Waals surface area contributed by atoms with Gasteiger partial charge in [0.25, 0.3) is 0 Å². The second-order valence-electron chi connectivity index (χ2n) is 6.94.